The largest absolute Gasteiger partial charge is 0.454 e. The first kappa shape index (κ1) is 20.3. The number of benzene rings is 2. The maximum atomic E-state index is 12.2. The number of nitrogens with one attached hydrogen (secondary N) is 1. The Bertz CT molecular complexity index is 780. The van der Waals surface area contributed by atoms with E-state index in [9.17, 15) is 14.4 Å². The van der Waals surface area contributed by atoms with Crippen LogP contribution in [0.4, 0.5) is 4.79 Å². The van der Waals surface area contributed by atoms with Gasteiger partial charge in [-0.05, 0) is 23.3 Å². The Labute approximate surface area is 161 Å². The predicted octanol–water partition coefficient (Wildman–Crippen LogP) is 2.21. The molecule has 0 aliphatic carbocycles. The fourth-order valence-corrected chi connectivity index (χ4v) is 2.33. The first-order chi connectivity index (χ1) is 12.9. The van der Waals surface area contributed by atoms with Crippen LogP contribution in [0.2, 0.25) is 5.02 Å². The lowest BCUT2D eigenvalue weighted by Gasteiger charge is -2.17. The molecule has 0 saturated heterocycles. The molecule has 27 heavy (non-hydrogen) atoms. The highest BCUT2D eigenvalue weighted by Gasteiger charge is 2.24. The molecule has 2 aromatic rings. The number of carbonyl (C=O) groups is 3. The number of nitrogens with two attached hydrogens (primary N) is 1. The zero-order valence-electron chi connectivity index (χ0n) is 14.4. The summed E-state index contributed by atoms with van der Waals surface area (Å²) in [5.74, 6) is -1.58. The van der Waals surface area contributed by atoms with Crippen LogP contribution in [0.15, 0.2) is 54.6 Å². The van der Waals surface area contributed by atoms with E-state index in [1.165, 1.54) is 0 Å². The van der Waals surface area contributed by atoms with E-state index in [0.29, 0.717) is 5.02 Å². The zero-order chi connectivity index (χ0) is 19.6. The second-order valence-corrected chi connectivity index (χ2v) is 6.10. The van der Waals surface area contributed by atoms with E-state index in [4.69, 9.17) is 26.8 Å². The van der Waals surface area contributed by atoms with E-state index < -0.39 is 30.6 Å². The van der Waals surface area contributed by atoms with Crippen molar-refractivity contribution in [1.82, 2.24) is 5.32 Å². The third-order valence-corrected chi connectivity index (χ3v) is 3.75. The summed E-state index contributed by atoms with van der Waals surface area (Å²) in [4.78, 5) is 35.1. The predicted molar refractivity (Wildman–Crippen MR) is 98.9 cm³/mol. The fourth-order valence-electron chi connectivity index (χ4n) is 2.20. The molecule has 7 nitrogen and oxygen atoms in total. The van der Waals surface area contributed by atoms with Crippen molar-refractivity contribution < 1.29 is 23.9 Å². The minimum absolute atomic E-state index is 0.0523. The third kappa shape index (κ3) is 7.37. The summed E-state index contributed by atoms with van der Waals surface area (Å²) in [7, 11) is 0. The molecule has 3 N–H and O–H groups in total. The Morgan fingerprint density at radius 3 is 2.26 bits per heavy atom. The van der Waals surface area contributed by atoms with Crippen molar-refractivity contribution in [3.05, 3.63) is 70.7 Å². The number of rotatable bonds is 8. The summed E-state index contributed by atoms with van der Waals surface area (Å²) < 4.78 is 9.94. The molecule has 0 radical (unpaired) electrons. The van der Waals surface area contributed by atoms with Gasteiger partial charge in [-0.25, -0.2) is 9.59 Å². The molecular formula is C19H19ClN2O5. The molecule has 0 bridgehead atoms. The number of esters is 1. The zero-order valence-corrected chi connectivity index (χ0v) is 15.1. The molecule has 2 amide bonds. The molecule has 2 aromatic carbocycles. The molecule has 2 rings (SSSR count). The Kier molecular flexibility index (Phi) is 7.63. The molecule has 142 valence electrons. The number of carbonyl (C=O) groups excluding carboxylic acids is 3. The Morgan fingerprint density at radius 1 is 0.963 bits per heavy atom. The van der Waals surface area contributed by atoms with Crippen LogP contribution in [0.25, 0.3) is 0 Å². The number of alkyl carbamates (subject to hydrolysis) is 1. The maximum absolute atomic E-state index is 12.2. The van der Waals surface area contributed by atoms with Gasteiger partial charge in [0.05, 0.1) is 0 Å². The molecule has 0 fully saturated rings. The van der Waals surface area contributed by atoms with Crippen molar-refractivity contribution in [3.8, 4) is 0 Å². The lowest BCUT2D eigenvalue weighted by Crippen LogP contribution is -2.44. The molecule has 0 unspecified atom stereocenters. The molecule has 0 aromatic heterocycles. The molecule has 0 saturated carbocycles. The summed E-state index contributed by atoms with van der Waals surface area (Å²) in [6, 6.07) is 14.8. The van der Waals surface area contributed by atoms with Gasteiger partial charge in [0, 0.05) is 11.4 Å². The highest BCUT2D eigenvalue weighted by Crippen LogP contribution is 2.12. The third-order valence-electron chi connectivity index (χ3n) is 3.50. The lowest BCUT2D eigenvalue weighted by molar-refractivity contribution is -0.149. The van der Waals surface area contributed by atoms with Gasteiger partial charge in [0.2, 0.25) is 0 Å². The summed E-state index contributed by atoms with van der Waals surface area (Å²) in [6.07, 6.45) is -0.649. The SMILES string of the molecule is NC(=O)COC(=O)[C@@H](Cc1ccc(Cl)cc1)NC(=O)OCc1ccccc1. The van der Waals surface area contributed by atoms with Crippen LogP contribution in [0.1, 0.15) is 11.1 Å². The quantitative estimate of drug-likeness (QED) is 0.672. The summed E-state index contributed by atoms with van der Waals surface area (Å²) in [5.41, 5.74) is 6.52. The fraction of sp³-hybridized carbons (Fsp3) is 0.211. The van der Waals surface area contributed by atoms with Gasteiger partial charge in [-0.1, -0.05) is 54.1 Å². The van der Waals surface area contributed by atoms with Crippen molar-refractivity contribution in [3.63, 3.8) is 0 Å². The van der Waals surface area contributed by atoms with E-state index in [0.717, 1.165) is 11.1 Å². The molecule has 0 heterocycles. The topological polar surface area (TPSA) is 108 Å². The van der Waals surface area contributed by atoms with Gasteiger partial charge in [0.15, 0.2) is 6.61 Å². The lowest BCUT2D eigenvalue weighted by atomic mass is 10.1. The number of primary amides is 1. The van der Waals surface area contributed by atoms with Crippen molar-refractivity contribution in [2.75, 3.05) is 6.61 Å². The molecule has 8 heteroatoms. The Balaban J connectivity index is 1.99. The van der Waals surface area contributed by atoms with Crippen LogP contribution < -0.4 is 11.1 Å². The number of halogens is 1. The average Bonchev–Trinajstić information content (AvgIpc) is 2.66. The second kappa shape index (κ2) is 10.2. The average molecular weight is 391 g/mol. The number of amides is 2. The van der Waals surface area contributed by atoms with E-state index in [2.05, 4.69) is 5.32 Å². The Morgan fingerprint density at radius 2 is 1.63 bits per heavy atom. The van der Waals surface area contributed by atoms with Gasteiger partial charge >= 0.3 is 12.1 Å². The molecule has 0 aliphatic rings. The monoisotopic (exact) mass is 390 g/mol. The standard InChI is InChI=1S/C19H19ClN2O5/c20-15-8-6-13(7-9-15)10-16(18(24)26-12-17(21)23)22-19(25)27-11-14-4-2-1-3-5-14/h1-9,16H,10-12H2,(H2,21,23)(H,22,25)/t16-/m1/s1. The number of hydrogen-bond acceptors (Lipinski definition) is 5. The van der Waals surface area contributed by atoms with Crippen LogP contribution >= 0.6 is 11.6 Å². The summed E-state index contributed by atoms with van der Waals surface area (Å²) in [6.45, 7) is -0.520. The molecule has 0 spiro atoms. The van der Waals surface area contributed by atoms with E-state index in [1.807, 2.05) is 18.2 Å². The first-order valence-electron chi connectivity index (χ1n) is 8.10. The first-order valence-corrected chi connectivity index (χ1v) is 8.48. The number of hydrogen-bond donors (Lipinski definition) is 2. The van der Waals surface area contributed by atoms with Gasteiger partial charge in [-0.15, -0.1) is 0 Å². The minimum Gasteiger partial charge on any atom is -0.454 e. The highest BCUT2D eigenvalue weighted by atomic mass is 35.5. The second-order valence-electron chi connectivity index (χ2n) is 5.66. The minimum atomic E-state index is -1.05. The van der Waals surface area contributed by atoms with Crippen molar-refractivity contribution in [2.45, 2.75) is 19.1 Å². The van der Waals surface area contributed by atoms with Gasteiger partial charge in [-0.2, -0.15) is 0 Å². The smallest absolute Gasteiger partial charge is 0.408 e. The molecule has 0 aliphatic heterocycles. The normalized spacial score (nSPS) is 11.3. The van der Waals surface area contributed by atoms with Gasteiger partial charge in [0.1, 0.15) is 12.6 Å². The van der Waals surface area contributed by atoms with Crippen LogP contribution in [-0.2, 0) is 32.1 Å². The van der Waals surface area contributed by atoms with Crippen LogP contribution in [0, 0.1) is 0 Å². The van der Waals surface area contributed by atoms with Crippen LogP contribution in [0.5, 0.6) is 0 Å². The van der Waals surface area contributed by atoms with E-state index >= 15 is 0 Å². The molecule has 1 atom stereocenters. The molecular weight excluding hydrogens is 372 g/mol. The Hall–Kier alpha value is -3.06. The van der Waals surface area contributed by atoms with E-state index in [-0.39, 0.29) is 13.0 Å². The maximum Gasteiger partial charge on any atom is 0.408 e. The van der Waals surface area contributed by atoms with Crippen molar-refractivity contribution >= 4 is 29.6 Å². The van der Waals surface area contributed by atoms with Crippen molar-refractivity contribution in [2.24, 2.45) is 5.73 Å². The van der Waals surface area contributed by atoms with Crippen molar-refractivity contribution in [1.29, 1.82) is 0 Å². The van der Waals surface area contributed by atoms with Crippen LogP contribution in [-0.4, -0.2) is 30.6 Å². The van der Waals surface area contributed by atoms with Gasteiger partial charge in [-0.3, -0.25) is 4.79 Å². The summed E-state index contributed by atoms with van der Waals surface area (Å²) in [5, 5.41) is 3.00. The summed E-state index contributed by atoms with van der Waals surface area (Å²) >= 11 is 5.85. The van der Waals surface area contributed by atoms with E-state index in [1.54, 1.807) is 36.4 Å². The van der Waals surface area contributed by atoms with Gasteiger partial charge in [0.25, 0.3) is 5.91 Å². The van der Waals surface area contributed by atoms with Gasteiger partial charge < -0.3 is 20.5 Å². The highest BCUT2D eigenvalue weighted by molar-refractivity contribution is 6.30. The van der Waals surface area contributed by atoms with Crippen LogP contribution in [0.3, 0.4) is 0 Å². The number of ether oxygens (including phenoxy) is 2.